The van der Waals surface area contributed by atoms with E-state index in [2.05, 4.69) is 6.58 Å². The van der Waals surface area contributed by atoms with Gasteiger partial charge in [-0.25, -0.2) is 0 Å². The van der Waals surface area contributed by atoms with Crippen LogP contribution in [0.2, 0.25) is 0 Å². The predicted molar refractivity (Wildman–Crippen MR) is 56.1 cm³/mol. The number of likely N-dealkylation sites (tertiary alicyclic amines) is 1. The van der Waals surface area contributed by atoms with Crippen molar-refractivity contribution in [2.45, 2.75) is 25.7 Å². The molecule has 0 aromatic rings. The van der Waals surface area contributed by atoms with Gasteiger partial charge in [-0.1, -0.05) is 12.2 Å². The van der Waals surface area contributed by atoms with Crippen LogP contribution in [0.5, 0.6) is 0 Å². The Morgan fingerprint density at radius 1 is 1.50 bits per heavy atom. The van der Waals surface area contributed by atoms with Gasteiger partial charge in [0.25, 0.3) is 0 Å². The Morgan fingerprint density at radius 2 is 2.14 bits per heavy atom. The molecule has 0 radical (unpaired) electrons. The smallest absolute Gasteiger partial charge is 0.222 e. The molecule has 0 N–H and O–H groups in total. The first-order chi connectivity index (χ1) is 6.74. The van der Waals surface area contributed by atoms with Crippen molar-refractivity contribution in [3.63, 3.8) is 0 Å². The third-order valence-electron chi connectivity index (χ3n) is 2.56. The number of hydrogen-bond acceptors (Lipinski definition) is 2. The van der Waals surface area contributed by atoms with E-state index in [0.29, 0.717) is 13.0 Å². The molecule has 1 aliphatic heterocycles. The third-order valence-corrected chi connectivity index (χ3v) is 2.56. The summed E-state index contributed by atoms with van der Waals surface area (Å²) >= 11 is 0. The normalized spacial score (nSPS) is 17.2. The summed E-state index contributed by atoms with van der Waals surface area (Å²) in [4.78, 5) is 13.6. The zero-order chi connectivity index (χ0) is 10.4. The summed E-state index contributed by atoms with van der Waals surface area (Å²) in [6.07, 6.45) is 3.37. The molecule has 0 aromatic carbocycles. The van der Waals surface area contributed by atoms with E-state index < -0.39 is 0 Å². The van der Waals surface area contributed by atoms with Gasteiger partial charge in [-0.2, -0.15) is 0 Å². The number of nitrogens with zero attached hydrogens (tertiary/aromatic N) is 1. The predicted octanol–water partition coefficient (Wildman–Crippen LogP) is 1.59. The highest BCUT2D eigenvalue weighted by atomic mass is 16.5. The lowest BCUT2D eigenvalue weighted by atomic mass is 10.1. The van der Waals surface area contributed by atoms with E-state index in [9.17, 15) is 4.79 Å². The van der Waals surface area contributed by atoms with Crippen LogP contribution in [-0.2, 0) is 9.53 Å². The van der Waals surface area contributed by atoms with E-state index in [4.69, 9.17) is 4.74 Å². The molecular formula is C11H19NO2. The Morgan fingerprint density at radius 3 is 2.71 bits per heavy atom. The summed E-state index contributed by atoms with van der Waals surface area (Å²) in [5, 5.41) is 0. The lowest BCUT2D eigenvalue weighted by Gasteiger charge is -2.28. The van der Waals surface area contributed by atoms with Crippen LogP contribution in [0.3, 0.4) is 0 Å². The number of rotatable bonds is 4. The maximum absolute atomic E-state index is 11.6. The van der Waals surface area contributed by atoms with Crippen LogP contribution >= 0.6 is 0 Å². The Labute approximate surface area is 85.7 Å². The number of amides is 1. The number of ether oxygens (including phenoxy) is 1. The number of hydrogen-bond donors (Lipinski definition) is 0. The molecule has 0 saturated carbocycles. The standard InChI is InChI=1S/C11H19NO2/c1-10-5-7-12(8-6-10)11(13)4-3-9-14-2/h1,3-9H2,2H3. The van der Waals surface area contributed by atoms with Crippen LogP contribution in [0, 0.1) is 0 Å². The fourth-order valence-electron chi connectivity index (χ4n) is 1.60. The minimum Gasteiger partial charge on any atom is -0.385 e. The van der Waals surface area contributed by atoms with E-state index in [-0.39, 0.29) is 5.91 Å². The van der Waals surface area contributed by atoms with Crippen molar-refractivity contribution in [2.75, 3.05) is 26.8 Å². The van der Waals surface area contributed by atoms with Gasteiger partial charge in [-0.05, 0) is 19.3 Å². The quantitative estimate of drug-likeness (QED) is 0.506. The van der Waals surface area contributed by atoms with Crippen molar-refractivity contribution < 1.29 is 9.53 Å². The summed E-state index contributed by atoms with van der Waals surface area (Å²) in [5.41, 5.74) is 1.27. The molecule has 3 nitrogen and oxygen atoms in total. The highest BCUT2D eigenvalue weighted by Crippen LogP contribution is 2.14. The second kappa shape index (κ2) is 5.81. The largest absolute Gasteiger partial charge is 0.385 e. The second-order valence-corrected chi connectivity index (χ2v) is 3.73. The molecule has 0 unspecified atom stereocenters. The molecule has 1 heterocycles. The van der Waals surface area contributed by atoms with Crippen LogP contribution in [0.1, 0.15) is 25.7 Å². The first-order valence-electron chi connectivity index (χ1n) is 5.17. The highest BCUT2D eigenvalue weighted by molar-refractivity contribution is 5.76. The van der Waals surface area contributed by atoms with E-state index in [1.165, 1.54) is 5.57 Å². The number of methoxy groups -OCH3 is 1. The fraction of sp³-hybridized carbons (Fsp3) is 0.727. The SMILES string of the molecule is C=C1CCN(C(=O)CCCOC)CC1. The monoisotopic (exact) mass is 197 g/mol. The first kappa shape index (κ1) is 11.2. The van der Waals surface area contributed by atoms with E-state index in [0.717, 1.165) is 32.4 Å². The van der Waals surface area contributed by atoms with Crippen molar-refractivity contribution in [1.82, 2.24) is 4.90 Å². The molecule has 14 heavy (non-hydrogen) atoms. The molecule has 1 fully saturated rings. The average molecular weight is 197 g/mol. The van der Waals surface area contributed by atoms with Gasteiger partial charge in [0.15, 0.2) is 0 Å². The molecule has 0 spiro atoms. The molecular weight excluding hydrogens is 178 g/mol. The van der Waals surface area contributed by atoms with E-state index in [1.807, 2.05) is 4.90 Å². The van der Waals surface area contributed by atoms with Crippen molar-refractivity contribution in [1.29, 1.82) is 0 Å². The maximum Gasteiger partial charge on any atom is 0.222 e. The summed E-state index contributed by atoms with van der Waals surface area (Å²) in [5.74, 6) is 0.259. The molecule has 0 bridgehead atoms. The number of carbonyl (C=O) groups excluding carboxylic acids is 1. The summed E-state index contributed by atoms with van der Waals surface area (Å²) in [6.45, 7) is 6.30. The van der Waals surface area contributed by atoms with E-state index >= 15 is 0 Å². The molecule has 1 amide bonds. The number of piperidine rings is 1. The van der Waals surface area contributed by atoms with Gasteiger partial charge < -0.3 is 9.64 Å². The minimum atomic E-state index is 0.259. The molecule has 1 saturated heterocycles. The van der Waals surface area contributed by atoms with Crippen LogP contribution in [0.15, 0.2) is 12.2 Å². The molecule has 1 aliphatic rings. The van der Waals surface area contributed by atoms with Crippen LogP contribution in [-0.4, -0.2) is 37.6 Å². The van der Waals surface area contributed by atoms with Crippen LogP contribution in [0.25, 0.3) is 0 Å². The highest BCUT2D eigenvalue weighted by Gasteiger charge is 2.17. The van der Waals surface area contributed by atoms with Gasteiger partial charge >= 0.3 is 0 Å². The maximum atomic E-state index is 11.6. The van der Waals surface area contributed by atoms with Gasteiger partial charge in [0.2, 0.25) is 5.91 Å². The molecule has 80 valence electrons. The van der Waals surface area contributed by atoms with Gasteiger partial charge in [-0.3, -0.25) is 4.79 Å². The van der Waals surface area contributed by atoms with Crippen LogP contribution < -0.4 is 0 Å². The summed E-state index contributed by atoms with van der Waals surface area (Å²) < 4.78 is 4.91. The third kappa shape index (κ3) is 3.50. The van der Waals surface area contributed by atoms with Crippen LogP contribution in [0.4, 0.5) is 0 Å². The zero-order valence-corrected chi connectivity index (χ0v) is 8.92. The van der Waals surface area contributed by atoms with Gasteiger partial charge in [0.1, 0.15) is 0 Å². The van der Waals surface area contributed by atoms with E-state index in [1.54, 1.807) is 7.11 Å². The summed E-state index contributed by atoms with van der Waals surface area (Å²) in [6, 6.07) is 0. The molecule has 0 aliphatic carbocycles. The molecule has 0 atom stereocenters. The lowest BCUT2D eigenvalue weighted by Crippen LogP contribution is -2.36. The number of carbonyl (C=O) groups is 1. The Hall–Kier alpha value is -0.830. The van der Waals surface area contributed by atoms with Crippen molar-refractivity contribution >= 4 is 5.91 Å². The van der Waals surface area contributed by atoms with Crippen molar-refractivity contribution in [2.24, 2.45) is 0 Å². The molecule has 3 heteroatoms. The Balaban J connectivity index is 2.20. The Kier molecular flexibility index (Phi) is 4.66. The van der Waals surface area contributed by atoms with Crippen molar-refractivity contribution in [3.05, 3.63) is 12.2 Å². The molecule has 1 rings (SSSR count). The first-order valence-corrected chi connectivity index (χ1v) is 5.17. The second-order valence-electron chi connectivity index (χ2n) is 3.73. The fourth-order valence-corrected chi connectivity index (χ4v) is 1.60. The van der Waals surface area contributed by atoms with Gasteiger partial charge in [0.05, 0.1) is 0 Å². The van der Waals surface area contributed by atoms with Crippen molar-refractivity contribution in [3.8, 4) is 0 Å². The Bertz CT molecular complexity index is 203. The minimum absolute atomic E-state index is 0.259. The topological polar surface area (TPSA) is 29.5 Å². The van der Waals surface area contributed by atoms with Gasteiger partial charge in [-0.15, -0.1) is 0 Å². The van der Waals surface area contributed by atoms with Gasteiger partial charge in [0, 0.05) is 33.2 Å². The summed E-state index contributed by atoms with van der Waals surface area (Å²) in [7, 11) is 1.66. The lowest BCUT2D eigenvalue weighted by molar-refractivity contribution is -0.131. The average Bonchev–Trinajstić information content (AvgIpc) is 2.19. The molecule has 0 aromatic heterocycles. The zero-order valence-electron chi connectivity index (χ0n) is 8.92.